The number of nitrogens with one attached hydrogen (secondary N) is 3. The van der Waals surface area contributed by atoms with Gasteiger partial charge in [-0.15, -0.1) is 11.5 Å². The van der Waals surface area contributed by atoms with Crippen molar-refractivity contribution in [1.82, 2.24) is 40.7 Å². The number of benzene rings is 6. The standard InChI is InChI=1S/C76H86N8O12/c1-12-36-92-58-32-29-51(30-33-58)39-55(72(89)93-37-13-2)42-67(85)65(41-52-26-31-53-20-14-15-21-54(53)40-52)78-70(87)66-43-57(45-83(66)71(88)68(75(5,6)7)79-69(86)49(4)82(11)74(91)96-76(8,9)10)84-44-56(80-81-84)46-94-59-34-27-50(28-35-59)38-48(3)77-73(90)95-47-64-62-24-18-16-22-60(62)61-23-17-19-25-63(61)64/h1,13-35,40,44,48-49,55,57,64-66,68H,2,36-39,41-43,45-47H2,3-11H3,(H,77,90)(H,78,87)(H,79,86)/t48-,49+,55-,57+,65+,66+,68-/m1/s1. The second-order valence-corrected chi connectivity index (χ2v) is 26.7. The predicted molar refractivity (Wildman–Crippen MR) is 364 cm³/mol. The molecule has 1 fully saturated rings. The average molecular weight is 1300 g/mol. The van der Waals surface area contributed by atoms with Crippen LogP contribution in [0.1, 0.15) is 114 Å². The van der Waals surface area contributed by atoms with Crippen molar-refractivity contribution in [3.05, 3.63) is 192 Å². The van der Waals surface area contributed by atoms with E-state index in [4.69, 9.17) is 30.1 Å². The topological polar surface area (TPSA) is 239 Å². The summed E-state index contributed by atoms with van der Waals surface area (Å²) in [6, 6.07) is 38.7. The van der Waals surface area contributed by atoms with E-state index in [1.54, 1.807) is 76.7 Å². The fraction of sp³-hybridized carbons (Fsp3) is 0.382. The van der Waals surface area contributed by atoms with Crippen molar-refractivity contribution in [2.45, 2.75) is 142 Å². The number of esters is 1. The predicted octanol–water partition coefficient (Wildman–Crippen LogP) is 10.7. The Hall–Kier alpha value is -10.3. The number of carbonyl (C=O) groups excluding carboxylic acids is 7. The summed E-state index contributed by atoms with van der Waals surface area (Å²) >= 11 is 0. The number of aromatic nitrogens is 3. The summed E-state index contributed by atoms with van der Waals surface area (Å²) in [6.07, 6.45) is 7.63. The van der Waals surface area contributed by atoms with E-state index < -0.39 is 88.8 Å². The number of likely N-dealkylation sites (N-methyl/N-ethyl adjacent to an activating group) is 1. The monoisotopic (exact) mass is 1300 g/mol. The molecule has 502 valence electrons. The van der Waals surface area contributed by atoms with Crippen molar-refractivity contribution in [3.8, 4) is 35.0 Å². The quantitative estimate of drug-likeness (QED) is 0.0188. The molecule has 0 spiro atoms. The summed E-state index contributed by atoms with van der Waals surface area (Å²) in [5.74, 6) is -0.528. The van der Waals surface area contributed by atoms with E-state index in [1.165, 1.54) is 24.9 Å². The van der Waals surface area contributed by atoms with Crippen LogP contribution in [0.4, 0.5) is 9.59 Å². The molecule has 7 atom stereocenters. The Morgan fingerprint density at radius 1 is 0.740 bits per heavy atom. The van der Waals surface area contributed by atoms with Gasteiger partial charge < -0.3 is 44.5 Å². The van der Waals surface area contributed by atoms with Gasteiger partial charge in [-0.25, -0.2) is 14.3 Å². The van der Waals surface area contributed by atoms with Crippen molar-refractivity contribution in [3.63, 3.8) is 0 Å². The molecule has 6 aromatic carbocycles. The lowest BCUT2D eigenvalue weighted by Crippen LogP contribution is -2.60. The molecule has 0 radical (unpaired) electrons. The highest BCUT2D eigenvalue weighted by Gasteiger charge is 2.47. The van der Waals surface area contributed by atoms with Crippen LogP contribution >= 0.6 is 0 Å². The minimum absolute atomic E-state index is 0.00824. The Morgan fingerprint density at radius 2 is 1.35 bits per heavy atom. The Kier molecular flexibility index (Phi) is 22.8. The summed E-state index contributed by atoms with van der Waals surface area (Å²) in [5, 5.41) is 19.7. The molecule has 1 saturated heterocycles. The molecule has 96 heavy (non-hydrogen) atoms. The lowest BCUT2D eigenvalue weighted by molar-refractivity contribution is -0.149. The summed E-state index contributed by atoms with van der Waals surface area (Å²) in [4.78, 5) is 103. The van der Waals surface area contributed by atoms with Crippen LogP contribution in [0.3, 0.4) is 0 Å². The molecule has 1 aromatic heterocycles. The van der Waals surface area contributed by atoms with E-state index in [2.05, 4.69) is 63.0 Å². The Morgan fingerprint density at radius 3 is 1.99 bits per heavy atom. The smallest absolute Gasteiger partial charge is 0.410 e. The van der Waals surface area contributed by atoms with Crippen LogP contribution in [0, 0.1) is 23.7 Å². The first-order valence-electron chi connectivity index (χ1n) is 32.4. The van der Waals surface area contributed by atoms with Gasteiger partial charge in [-0.2, -0.15) is 0 Å². The molecule has 2 aliphatic rings. The van der Waals surface area contributed by atoms with Gasteiger partial charge in [-0.1, -0.05) is 160 Å². The number of alkyl carbamates (subject to hydrolysis) is 1. The summed E-state index contributed by atoms with van der Waals surface area (Å²) < 4.78 is 30.2. The highest BCUT2D eigenvalue weighted by Crippen LogP contribution is 2.44. The van der Waals surface area contributed by atoms with Crippen LogP contribution in [0.25, 0.3) is 21.9 Å². The zero-order chi connectivity index (χ0) is 68.8. The van der Waals surface area contributed by atoms with Crippen molar-refractivity contribution in [2.24, 2.45) is 11.3 Å². The largest absolute Gasteiger partial charge is 0.487 e. The van der Waals surface area contributed by atoms with Gasteiger partial charge in [0.1, 0.15) is 67.3 Å². The molecule has 5 amide bonds. The first-order valence-corrected chi connectivity index (χ1v) is 32.4. The fourth-order valence-electron chi connectivity index (χ4n) is 12.1. The number of hydrogen-bond acceptors (Lipinski definition) is 14. The maximum atomic E-state index is 15.5. The van der Waals surface area contributed by atoms with Crippen LogP contribution in [0.2, 0.25) is 0 Å². The molecule has 7 aromatic rings. The first kappa shape index (κ1) is 70.0. The number of carbonyl (C=O) groups is 7. The van der Waals surface area contributed by atoms with Gasteiger partial charge in [-0.3, -0.25) is 28.9 Å². The molecule has 20 heteroatoms. The Bertz CT molecular complexity index is 3930. The number of ketones is 1. The molecule has 0 saturated carbocycles. The number of fused-ring (bicyclic) bond motifs is 4. The highest BCUT2D eigenvalue weighted by atomic mass is 16.6. The van der Waals surface area contributed by atoms with E-state index in [-0.39, 0.29) is 70.6 Å². The number of nitrogens with zero attached hydrogens (tertiary/aromatic N) is 5. The first-order chi connectivity index (χ1) is 45.9. The van der Waals surface area contributed by atoms with Crippen LogP contribution in [0.5, 0.6) is 11.5 Å². The van der Waals surface area contributed by atoms with Gasteiger partial charge in [0.15, 0.2) is 5.78 Å². The normalized spacial score (nSPS) is 15.9. The second-order valence-electron chi connectivity index (χ2n) is 26.7. The summed E-state index contributed by atoms with van der Waals surface area (Å²) in [5.41, 5.74) is 5.63. The van der Waals surface area contributed by atoms with E-state index in [0.29, 0.717) is 29.2 Å². The molecular weight excluding hydrogens is 1220 g/mol. The van der Waals surface area contributed by atoms with E-state index in [0.717, 1.165) is 49.1 Å². The number of rotatable bonds is 27. The molecular formula is C76H86N8O12. The zero-order valence-electron chi connectivity index (χ0n) is 56.0. The third kappa shape index (κ3) is 18.1. The van der Waals surface area contributed by atoms with Crippen molar-refractivity contribution < 1.29 is 57.2 Å². The molecule has 1 aliphatic carbocycles. The average Bonchev–Trinajstić information content (AvgIpc) is 1.56. The molecule has 20 nitrogen and oxygen atoms in total. The lowest BCUT2D eigenvalue weighted by atomic mass is 9.85. The Balaban J connectivity index is 0.920. The fourth-order valence-corrected chi connectivity index (χ4v) is 12.1. The zero-order valence-corrected chi connectivity index (χ0v) is 56.0. The maximum absolute atomic E-state index is 15.5. The number of hydrogen-bond donors (Lipinski definition) is 3. The van der Waals surface area contributed by atoms with Gasteiger partial charge in [0, 0.05) is 38.4 Å². The second kappa shape index (κ2) is 31.3. The van der Waals surface area contributed by atoms with Gasteiger partial charge in [0.05, 0.1) is 24.2 Å². The van der Waals surface area contributed by atoms with E-state index >= 15 is 14.4 Å². The molecule has 3 N–H and O–H groups in total. The molecule has 9 rings (SSSR count). The maximum Gasteiger partial charge on any atom is 0.410 e. The molecule has 0 bridgehead atoms. The minimum Gasteiger partial charge on any atom is -0.487 e. The van der Waals surface area contributed by atoms with Gasteiger partial charge in [0.25, 0.3) is 0 Å². The molecule has 1 aliphatic heterocycles. The number of ether oxygens (including phenoxy) is 5. The van der Waals surface area contributed by atoms with Gasteiger partial charge >= 0.3 is 18.2 Å². The van der Waals surface area contributed by atoms with Gasteiger partial charge in [-0.05, 0) is 133 Å². The lowest BCUT2D eigenvalue weighted by Gasteiger charge is -2.37. The third-order valence-corrected chi connectivity index (χ3v) is 17.2. The third-order valence-electron chi connectivity index (χ3n) is 17.2. The van der Waals surface area contributed by atoms with Crippen molar-refractivity contribution >= 4 is 52.4 Å². The molecule has 2 heterocycles. The summed E-state index contributed by atoms with van der Waals surface area (Å²) in [7, 11) is 1.43. The van der Waals surface area contributed by atoms with Crippen molar-refractivity contribution in [2.75, 3.05) is 33.4 Å². The van der Waals surface area contributed by atoms with Gasteiger partial charge in [0.2, 0.25) is 17.7 Å². The SMILES string of the molecule is C#CCOc1ccc(C[C@H](CC(=O)[C@H](Cc2ccc3ccccc3c2)NC(=O)[C@@H]2C[C@H](n3cc(COc4ccc(C[C@@H](C)NC(=O)OCC5c6ccccc6-c6ccccc65)cc4)nn3)CN2C(=O)[C@@H](NC(=O)[C@H](C)N(C)C(=O)OC(C)(C)C)C(C)(C)C)C(=O)OCC=C)cc1. The van der Waals surface area contributed by atoms with Crippen molar-refractivity contribution in [1.29, 1.82) is 0 Å². The van der Waals surface area contributed by atoms with Crippen LogP contribution < -0.4 is 25.4 Å². The van der Waals surface area contributed by atoms with E-state index in [9.17, 15) is 19.2 Å². The Labute approximate surface area is 561 Å². The molecule has 0 unspecified atom stereocenters. The number of Topliss-reactive ketones (excluding diaryl/α,β-unsaturated/α-hetero) is 1. The summed E-state index contributed by atoms with van der Waals surface area (Å²) in [6.45, 7) is 17.7. The van der Waals surface area contributed by atoms with Crippen LogP contribution in [-0.4, -0.2) is 136 Å². The van der Waals surface area contributed by atoms with E-state index in [1.807, 2.05) is 97.9 Å². The minimum atomic E-state index is -1.24. The van der Waals surface area contributed by atoms with Crippen LogP contribution in [-0.2, 0) is 64.1 Å². The number of terminal acetylenes is 1. The highest BCUT2D eigenvalue weighted by molar-refractivity contribution is 5.97. The van der Waals surface area contributed by atoms with Crippen LogP contribution in [0.15, 0.2) is 158 Å². The number of amides is 5. The number of likely N-dealkylation sites (tertiary alicyclic amines) is 1.